The number of hydrogen-bond acceptors (Lipinski definition) is 2. The number of allylic oxidation sites excluding steroid dienone is 1. The summed E-state index contributed by atoms with van der Waals surface area (Å²) in [7, 11) is 0. The lowest BCUT2D eigenvalue weighted by Crippen LogP contribution is -1.85. The third kappa shape index (κ3) is 1.95. The lowest BCUT2D eigenvalue weighted by Gasteiger charge is -1.99. The summed E-state index contributed by atoms with van der Waals surface area (Å²) in [6.07, 6.45) is 3.26. The second kappa shape index (κ2) is 3.72. The summed E-state index contributed by atoms with van der Waals surface area (Å²) in [6, 6.07) is 5.75. The Morgan fingerprint density at radius 3 is 2.92 bits per heavy atom. The van der Waals surface area contributed by atoms with E-state index >= 15 is 0 Å². The van der Waals surface area contributed by atoms with Gasteiger partial charge in [0.1, 0.15) is 0 Å². The van der Waals surface area contributed by atoms with Crippen molar-refractivity contribution in [2.75, 3.05) is 5.73 Å². The Kier molecular flexibility index (Phi) is 2.64. The molecular formula is C10H12N2. The predicted octanol–water partition coefficient (Wildman–Crippen LogP) is 2.47. The maximum Gasteiger partial charge on any atom is 0.0861 e. The molecule has 2 nitrogen and oxygen atoms in total. The molecule has 0 radical (unpaired) electrons. The van der Waals surface area contributed by atoms with Crippen molar-refractivity contribution in [2.24, 2.45) is 4.99 Å². The number of nitrogen functional groups attached to an aromatic ring is 1. The zero-order valence-corrected chi connectivity index (χ0v) is 7.12. The topological polar surface area (TPSA) is 38.4 Å². The average molecular weight is 160 g/mol. The summed E-state index contributed by atoms with van der Waals surface area (Å²) < 4.78 is 0. The molecule has 0 spiro atoms. The highest BCUT2D eigenvalue weighted by molar-refractivity contribution is 5.77. The number of rotatable bonds is 2. The van der Waals surface area contributed by atoms with Gasteiger partial charge in [0.05, 0.1) is 11.4 Å². The third-order valence-electron chi connectivity index (χ3n) is 1.50. The first-order valence-electron chi connectivity index (χ1n) is 3.75. The maximum atomic E-state index is 5.68. The highest BCUT2D eigenvalue weighted by Gasteiger charge is 1.94. The van der Waals surface area contributed by atoms with Crippen molar-refractivity contribution < 1.29 is 0 Å². The molecule has 0 amide bonds. The van der Waals surface area contributed by atoms with Gasteiger partial charge in [-0.3, -0.25) is 4.99 Å². The van der Waals surface area contributed by atoms with Crippen LogP contribution in [-0.4, -0.2) is 6.21 Å². The summed E-state index contributed by atoms with van der Waals surface area (Å²) in [6.45, 7) is 5.54. The molecule has 12 heavy (non-hydrogen) atoms. The van der Waals surface area contributed by atoms with Crippen LogP contribution in [0.3, 0.4) is 0 Å². The van der Waals surface area contributed by atoms with Crippen molar-refractivity contribution in [1.82, 2.24) is 0 Å². The van der Waals surface area contributed by atoms with Crippen molar-refractivity contribution in [3.05, 3.63) is 36.4 Å². The van der Waals surface area contributed by atoms with Crippen molar-refractivity contribution in [2.45, 2.75) is 6.92 Å². The quantitative estimate of drug-likeness (QED) is 0.523. The largest absolute Gasteiger partial charge is 0.397 e. The minimum absolute atomic E-state index is 0.693. The number of anilines is 1. The van der Waals surface area contributed by atoms with Crippen LogP contribution in [0, 0.1) is 6.92 Å². The molecule has 0 bridgehead atoms. The van der Waals surface area contributed by atoms with Gasteiger partial charge in [-0.1, -0.05) is 18.7 Å². The molecule has 0 aliphatic rings. The summed E-state index contributed by atoms with van der Waals surface area (Å²) in [5.41, 5.74) is 8.33. The maximum absolute atomic E-state index is 5.68. The number of benzene rings is 1. The molecule has 0 aliphatic carbocycles. The average Bonchev–Trinajstić information content (AvgIpc) is 2.07. The first-order valence-corrected chi connectivity index (χ1v) is 3.75. The fourth-order valence-corrected chi connectivity index (χ4v) is 0.899. The number of aryl methyl sites for hydroxylation is 1. The van der Waals surface area contributed by atoms with E-state index in [1.54, 1.807) is 12.3 Å². The summed E-state index contributed by atoms with van der Waals surface area (Å²) >= 11 is 0. The SMILES string of the molecule is C=CC=Nc1cc(C)ccc1N. The summed E-state index contributed by atoms with van der Waals surface area (Å²) in [5.74, 6) is 0. The van der Waals surface area contributed by atoms with Gasteiger partial charge in [0.25, 0.3) is 0 Å². The zero-order valence-electron chi connectivity index (χ0n) is 7.12. The molecule has 1 aromatic rings. The molecule has 0 fully saturated rings. The number of nitrogens with two attached hydrogens (primary N) is 1. The van der Waals surface area contributed by atoms with Gasteiger partial charge >= 0.3 is 0 Å². The predicted molar refractivity (Wildman–Crippen MR) is 53.9 cm³/mol. The van der Waals surface area contributed by atoms with Crippen LogP contribution in [0.25, 0.3) is 0 Å². The summed E-state index contributed by atoms with van der Waals surface area (Å²) in [4.78, 5) is 4.12. The van der Waals surface area contributed by atoms with E-state index in [4.69, 9.17) is 5.73 Å². The molecule has 0 saturated heterocycles. The molecule has 0 atom stereocenters. The highest BCUT2D eigenvalue weighted by Crippen LogP contribution is 2.22. The summed E-state index contributed by atoms with van der Waals surface area (Å²) in [5, 5.41) is 0. The van der Waals surface area contributed by atoms with Crippen LogP contribution < -0.4 is 5.73 Å². The lowest BCUT2D eigenvalue weighted by atomic mass is 10.2. The van der Waals surface area contributed by atoms with Gasteiger partial charge < -0.3 is 5.73 Å². The molecule has 62 valence electrons. The van der Waals surface area contributed by atoms with E-state index in [1.807, 2.05) is 25.1 Å². The fraction of sp³-hybridized carbons (Fsp3) is 0.100. The van der Waals surface area contributed by atoms with E-state index in [-0.39, 0.29) is 0 Å². The highest BCUT2D eigenvalue weighted by atomic mass is 14.8. The van der Waals surface area contributed by atoms with Crippen LogP contribution in [0.2, 0.25) is 0 Å². The molecule has 1 aromatic carbocycles. The molecule has 0 saturated carbocycles. The molecule has 0 heterocycles. The zero-order chi connectivity index (χ0) is 8.97. The molecule has 1 rings (SSSR count). The van der Waals surface area contributed by atoms with Crippen molar-refractivity contribution >= 4 is 17.6 Å². The molecule has 0 aliphatic heterocycles. The second-order valence-electron chi connectivity index (χ2n) is 2.58. The normalized spacial score (nSPS) is 10.4. The van der Waals surface area contributed by atoms with E-state index in [1.165, 1.54) is 0 Å². The van der Waals surface area contributed by atoms with E-state index in [2.05, 4.69) is 11.6 Å². The standard InChI is InChI=1S/C10H12N2/c1-3-6-12-10-7-8(2)4-5-9(10)11/h3-7H,1,11H2,2H3. The minimum atomic E-state index is 0.693. The van der Waals surface area contributed by atoms with E-state index < -0.39 is 0 Å². The second-order valence-corrected chi connectivity index (χ2v) is 2.58. The number of hydrogen-bond donors (Lipinski definition) is 1. The van der Waals surface area contributed by atoms with Crippen LogP contribution in [-0.2, 0) is 0 Å². The number of nitrogens with zero attached hydrogens (tertiary/aromatic N) is 1. The Labute approximate surface area is 72.4 Å². The first kappa shape index (κ1) is 8.53. The van der Waals surface area contributed by atoms with Crippen molar-refractivity contribution in [3.63, 3.8) is 0 Å². The monoisotopic (exact) mass is 160 g/mol. The van der Waals surface area contributed by atoms with Crippen molar-refractivity contribution in [1.29, 1.82) is 0 Å². The molecular weight excluding hydrogens is 148 g/mol. The number of aliphatic imine (C=N–C) groups is 1. The van der Waals surface area contributed by atoms with Gasteiger partial charge in [-0.05, 0) is 24.6 Å². The fourth-order valence-electron chi connectivity index (χ4n) is 0.899. The van der Waals surface area contributed by atoms with Gasteiger partial charge in [-0.2, -0.15) is 0 Å². The van der Waals surface area contributed by atoms with Gasteiger partial charge in [0.2, 0.25) is 0 Å². The van der Waals surface area contributed by atoms with E-state index in [0.717, 1.165) is 11.3 Å². The molecule has 0 unspecified atom stereocenters. The van der Waals surface area contributed by atoms with E-state index in [0.29, 0.717) is 5.69 Å². The Morgan fingerprint density at radius 2 is 2.25 bits per heavy atom. The Bertz CT molecular complexity index is 314. The van der Waals surface area contributed by atoms with Gasteiger partial charge in [-0.25, -0.2) is 0 Å². The van der Waals surface area contributed by atoms with Gasteiger partial charge in [0, 0.05) is 6.21 Å². The van der Waals surface area contributed by atoms with Gasteiger partial charge in [-0.15, -0.1) is 0 Å². The molecule has 2 heteroatoms. The molecule has 2 N–H and O–H groups in total. The van der Waals surface area contributed by atoms with Gasteiger partial charge in [0.15, 0.2) is 0 Å². The van der Waals surface area contributed by atoms with Crippen LogP contribution in [0.5, 0.6) is 0 Å². The Morgan fingerprint density at radius 1 is 1.50 bits per heavy atom. The van der Waals surface area contributed by atoms with Crippen LogP contribution in [0.1, 0.15) is 5.56 Å². The van der Waals surface area contributed by atoms with Crippen LogP contribution in [0.4, 0.5) is 11.4 Å². The Balaban J connectivity index is 3.04. The Hall–Kier alpha value is -1.57. The van der Waals surface area contributed by atoms with Crippen LogP contribution in [0.15, 0.2) is 35.8 Å². The van der Waals surface area contributed by atoms with E-state index in [9.17, 15) is 0 Å². The first-order chi connectivity index (χ1) is 5.74. The lowest BCUT2D eigenvalue weighted by molar-refractivity contribution is 1.43. The smallest absolute Gasteiger partial charge is 0.0861 e. The van der Waals surface area contributed by atoms with Crippen molar-refractivity contribution in [3.8, 4) is 0 Å². The third-order valence-corrected chi connectivity index (χ3v) is 1.50. The van der Waals surface area contributed by atoms with Crippen LogP contribution >= 0.6 is 0 Å². The minimum Gasteiger partial charge on any atom is -0.397 e. The molecule has 0 aromatic heterocycles.